The number of alkyl halides is 3. The first kappa shape index (κ1) is 17.9. The number of ether oxygens (including phenoxy) is 2. The third-order valence-electron chi connectivity index (χ3n) is 5.00. The summed E-state index contributed by atoms with van der Waals surface area (Å²) in [5.41, 5.74) is 2.96. The van der Waals surface area contributed by atoms with E-state index in [0.29, 0.717) is 6.54 Å². The second-order valence-corrected chi connectivity index (χ2v) is 6.82. The highest BCUT2D eigenvalue weighted by atomic mass is 19.4. The Morgan fingerprint density at radius 1 is 1.15 bits per heavy atom. The van der Waals surface area contributed by atoms with Gasteiger partial charge in [0.1, 0.15) is 11.9 Å². The minimum atomic E-state index is -4.72. The summed E-state index contributed by atoms with van der Waals surface area (Å²) in [6.45, 7) is 2.03. The number of nitrogens with zero attached hydrogens (tertiary/aromatic N) is 1. The molecule has 3 unspecified atom stereocenters. The van der Waals surface area contributed by atoms with Gasteiger partial charge in [-0.25, -0.2) is 0 Å². The quantitative estimate of drug-likeness (QED) is 0.812. The highest BCUT2D eigenvalue weighted by Gasteiger charge is 2.45. The highest BCUT2D eigenvalue weighted by Crippen LogP contribution is 2.42. The van der Waals surface area contributed by atoms with E-state index in [1.165, 1.54) is 12.1 Å². The number of benzene rings is 2. The van der Waals surface area contributed by atoms with Crippen LogP contribution >= 0.6 is 0 Å². The first-order valence-corrected chi connectivity index (χ1v) is 8.70. The predicted octanol–water partition coefficient (Wildman–Crippen LogP) is 4.00. The Hall–Kier alpha value is -2.54. The van der Waals surface area contributed by atoms with Crippen molar-refractivity contribution in [2.45, 2.75) is 44.5 Å². The van der Waals surface area contributed by atoms with Crippen LogP contribution < -0.4 is 4.74 Å². The van der Waals surface area contributed by atoms with Crippen LogP contribution in [0.2, 0.25) is 0 Å². The molecule has 4 rings (SSSR count). The van der Waals surface area contributed by atoms with Crippen molar-refractivity contribution >= 4 is 5.91 Å². The molecule has 2 aromatic carbocycles. The van der Waals surface area contributed by atoms with Gasteiger partial charge in [-0.2, -0.15) is 0 Å². The molecule has 1 heterocycles. The van der Waals surface area contributed by atoms with E-state index in [9.17, 15) is 18.0 Å². The normalized spacial score (nSPS) is 24.5. The lowest BCUT2D eigenvalue weighted by molar-refractivity contribution is -0.274. The molecule has 27 heavy (non-hydrogen) atoms. The van der Waals surface area contributed by atoms with Gasteiger partial charge in [-0.05, 0) is 35.7 Å². The number of rotatable bonds is 3. The van der Waals surface area contributed by atoms with E-state index in [4.69, 9.17) is 4.74 Å². The van der Waals surface area contributed by atoms with Gasteiger partial charge in [-0.3, -0.25) is 4.79 Å². The van der Waals surface area contributed by atoms with Crippen LogP contribution in [0.5, 0.6) is 5.75 Å². The second kappa shape index (κ2) is 6.56. The van der Waals surface area contributed by atoms with Crippen LogP contribution in [0.3, 0.4) is 0 Å². The SMILES string of the molecule is CC1OC2Cc3ccccc3C2N(Cc2ccc(OC(F)(F)F)cc2)C1=O. The van der Waals surface area contributed by atoms with Gasteiger partial charge in [0.05, 0.1) is 12.1 Å². The van der Waals surface area contributed by atoms with Crippen molar-refractivity contribution < 1.29 is 27.4 Å². The summed E-state index contributed by atoms with van der Waals surface area (Å²) in [5, 5.41) is 0. The van der Waals surface area contributed by atoms with Crippen LogP contribution in [-0.4, -0.2) is 29.4 Å². The van der Waals surface area contributed by atoms with Crippen LogP contribution in [0, 0.1) is 0 Å². The molecule has 1 aliphatic carbocycles. The van der Waals surface area contributed by atoms with Crippen LogP contribution in [0.25, 0.3) is 0 Å². The lowest BCUT2D eigenvalue weighted by Crippen LogP contribution is -2.51. The number of hydrogen-bond acceptors (Lipinski definition) is 3. The molecule has 0 spiro atoms. The fourth-order valence-electron chi connectivity index (χ4n) is 3.89. The zero-order valence-electron chi connectivity index (χ0n) is 14.6. The molecule has 0 saturated carbocycles. The van der Waals surface area contributed by atoms with E-state index >= 15 is 0 Å². The molecule has 4 nitrogen and oxygen atoms in total. The smallest absolute Gasteiger partial charge is 0.406 e. The van der Waals surface area contributed by atoms with Crippen molar-refractivity contribution in [1.82, 2.24) is 4.90 Å². The number of halogens is 3. The van der Waals surface area contributed by atoms with Gasteiger partial charge in [0.2, 0.25) is 0 Å². The standard InChI is InChI=1S/C20H18F3NO3/c1-12-19(25)24(11-13-6-8-15(9-7-13)27-20(21,22)23)18-16-5-3-2-4-14(16)10-17(18)26-12/h2-9,12,17-18H,10-11H2,1H3. The first-order valence-electron chi connectivity index (χ1n) is 8.70. The topological polar surface area (TPSA) is 38.8 Å². The van der Waals surface area contributed by atoms with Gasteiger partial charge in [-0.1, -0.05) is 36.4 Å². The average molecular weight is 377 g/mol. The van der Waals surface area contributed by atoms with Crippen molar-refractivity contribution in [3.05, 3.63) is 65.2 Å². The van der Waals surface area contributed by atoms with E-state index in [1.54, 1.807) is 24.0 Å². The zero-order valence-corrected chi connectivity index (χ0v) is 14.6. The van der Waals surface area contributed by atoms with Crippen LogP contribution in [0.4, 0.5) is 13.2 Å². The molecule has 2 aromatic rings. The van der Waals surface area contributed by atoms with E-state index in [1.807, 2.05) is 24.3 Å². The Labute approximate surface area is 154 Å². The molecule has 142 valence electrons. The Bertz CT molecular complexity index is 850. The zero-order chi connectivity index (χ0) is 19.2. The summed E-state index contributed by atoms with van der Waals surface area (Å²) in [4.78, 5) is 14.5. The lowest BCUT2D eigenvalue weighted by Gasteiger charge is -2.41. The van der Waals surface area contributed by atoms with Crippen molar-refractivity contribution in [3.8, 4) is 5.75 Å². The van der Waals surface area contributed by atoms with Gasteiger partial charge >= 0.3 is 6.36 Å². The van der Waals surface area contributed by atoms with E-state index in [-0.39, 0.29) is 23.8 Å². The molecular weight excluding hydrogens is 359 g/mol. The van der Waals surface area contributed by atoms with Crippen molar-refractivity contribution in [1.29, 1.82) is 0 Å². The van der Waals surface area contributed by atoms with Crippen molar-refractivity contribution in [3.63, 3.8) is 0 Å². The maximum Gasteiger partial charge on any atom is 0.573 e. The number of morpholine rings is 1. The number of fused-ring (bicyclic) bond motifs is 3. The molecule has 7 heteroatoms. The van der Waals surface area contributed by atoms with E-state index in [0.717, 1.165) is 23.1 Å². The fourth-order valence-corrected chi connectivity index (χ4v) is 3.89. The molecular formula is C20H18F3NO3. The average Bonchev–Trinajstić information content (AvgIpc) is 2.97. The van der Waals surface area contributed by atoms with Crippen LogP contribution in [0.1, 0.15) is 29.7 Å². The van der Waals surface area contributed by atoms with Gasteiger partial charge < -0.3 is 14.4 Å². The number of carbonyl (C=O) groups is 1. The maximum atomic E-state index is 12.8. The molecule has 1 fully saturated rings. The monoisotopic (exact) mass is 377 g/mol. The van der Waals surface area contributed by atoms with Gasteiger partial charge in [-0.15, -0.1) is 13.2 Å². The number of hydrogen-bond donors (Lipinski definition) is 0. The van der Waals surface area contributed by atoms with Crippen LogP contribution in [0.15, 0.2) is 48.5 Å². The summed E-state index contributed by atoms with van der Waals surface area (Å²) < 4.78 is 46.7. The third kappa shape index (κ3) is 3.51. The summed E-state index contributed by atoms with van der Waals surface area (Å²) in [7, 11) is 0. The second-order valence-electron chi connectivity index (χ2n) is 6.82. The molecule has 0 N–H and O–H groups in total. The Morgan fingerprint density at radius 2 is 1.85 bits per heavy atom. The van der Waals surface area contributed by atoms with Gasteiger partial charge in [0.15, 0.2) is 0 Å². The lowest BCUT2D eigenvalue weighted by atomic mass is 10.0. The van der Waals surface area contributed by atoms with E-state index < -0.39 is 12.5 Å². The summed E-state index contributed by atoms with van der Waals surface area (Å²) in [6, 6.07) is 13.4. The summed E-state index contributed by atoms with van der Waals surface area (Å²) in [6.07, 6.45) is -4.64. The minimum absolute atomic E-state index is 0.108. The molecule has 1 amide bonds. The van der Waals surface area contributed by atoms with Gasteiger partial charge in [0, 0.05) is 13.0 Å². The van der Waals surface area contributed by atoms with Crippen molar-refractivity contribution in [2.24, 2.45) is 0 Å². The highest BCUT2D eigenvalue weighted by molar-refractivity contribution is 5.82. The Balaban J connectivity index is 1.58. The molecule has 1 aliphatic heterocycles. The van der Waals surface area contributed by atoms with Crippen LogP contribution in [-0.2, 0) is 22.5 Å². The van der Waals surface area contributed by atoms with E-state index in [2.05, 4.69) is 4.74 Å². The summed E-state index contributed by atoms with van der Waals surface area (Å²) >= 11 is 0. The maximum absolute atomic E-state index is 12.8. The predicted molar refractivity (Wildman–Crippen MR) is 90.9 cm³/mol. The minimum Gasteiger partial charge on any atom is -0.406 e. The summed E-state index contributed by atoms with van der Waals surface area (Å²) in [5.74, 6) is -0.402. The van der Waals surface area contributed by atoms with Gasteiger partial charge in [0.25, 0.3) is 5.91 Å². The number of amides is 1. The fraction of sp³-hybridized carbons (Fsp3) is 0.350. The van der Waals surface area contributed by atoms with Crippen molar-refractivity contribution in [2.75, 3.05) is 0 Å². The third-order valence-corrected chi connectivity index (χ3v) is 5.00. The largest absolute Gasteiger partial charge is 0.573 e. The molecule has 0 aromatic heterocycles. The molecule has 2 aliphatic rings. The molecule has 0 radical (unpaired) electrons. The molecule has 3 atom stereocenters. The Morgan fingerprint density at radius 3 is 2.56 bits per heavy atom. The Kier molecular flexibility index (Phi) is 4.34. The molecule has 0 bridgehead atoms. The number of carbonyl (C=O) groups excluding carboxylic acids is 1. The molecule has 1 saturated heterocycles. The first-order chi connectivity index (χ1) is 12.8.